The van der Waals surface area contributed by atoms with Crippen LogP contribution < -0.4 is 4.74 Å². The van der Waals surface area contributed by atoms with Gasteiger partial charge in [-0.3, -0.25) is 19.6 Å². The summed E-state index contributed by atoms with van der Waals surface area (Å²) in [6.45, 7) is 2.49. The normalized spacial score (nSPS) is 22.4. The SMILES string of the molecule is CCC[C@H]1N(C(=O)c2cnccc2C(F)(F)F)CCC[C@@]1(Oc1ccc(C(F)(F)F)cc1)C(=O)N1CCC(c2ccccn2)C1. The van der Waals surface area contributed by atoms with Crippen LogP contribution in [0.25, 0.3) is 0 Å². The molecule has 2 aromatic heterocycles. The number of benzene rings is 1. The van der Waals surface area contributed by atoms with E-state index < -0.39 is 52.5 Å². The van der Waals surface area contributed by atoms with Gasteiger partial charge in [0.05, 0.1) is 22.7 Å². The number of nitrogens with zero attached hydrogens (tertiary/aromatic N) is 4. The molecular formula is C32H32F6N4O3. The standard InChI is InChI=1S/C32H32F6N4O3/c1-2-6-27-30(45-23-10-8-22(9-11-23)31(33,34)35,29(44)41-18-13-21(20-41)26-7-3-4-15-40-26)14-5-17-42(27)28(43)24-19-39-16-12-25(24)32(36,37)38/h3-4,7-12,15-16,19,21,27H,2,5-6,13-14,17-18,20H2,1H3/t21?,27-,30+/m1/s1. The minimum Gasteiger partial charge on any atom is -0.475 e. The number of hydrogen-bond donors (Lipinski definition) is 0. The van der Waals surface area contributed by atoms with E-state index in [9.17, 15) is 35.9 Å². The van der Waals surface area contributed by atoms with Crippen molar-refractivity contribution in [3.8, 4) is 5.75 Å². The molecule has 1 unspecified atom stereocenters. The first-order chi connectivity index (χ1) is 21.3. The minimum atomic E-state index is -4.83. The molecule has 2 aliphatic heterocycles. The summed E-state index contributed by atoms with van der Waals surface area (Å²) in [5.41, 5.74) is -3.69. The highest BCUT2D eigenvalue weighted by Crippen LogP contribution is 2.41. The van der Waals surface area contributed by atoms with Crippen LogP contribution in [0, 0.1) is 0 Å². The number of amides is 2. The first-order valence-electron chi connectivity index (χ1n) is 14.7. The summed E-state index contributed by atoms with van der Waals surface area (Å²) in [7, 11) is 0. The lowest BCUT2D eigenvalue weighted by Gasteiger charge is -2.49. The van der Waals surface area contributed by atoms with Crippen LogP contribution in [0.1, 0.15) is 72.1 Å². The third-order valence-electron chi connectivity index (χ3n) is 8.47. The van der Waals surface area contributed by atoms with Gasteiger partial charge in [0.2, 0.25) is 5.60 Å². The molecule has 2 aliphatic rings. The Hall–Kier alpha value is -4.16. The number of carbonyl (C=O) groups excluding carboxylic acids is 2. The minimum absolute atomic E-state index is 0.0235. The van der Waals surface area contributed by atoms with Gasteiger partial charge in [0.1, 0.15) is 5.75 Å². The first kappa shape index (κ1) is 32.2. The van der Waals surface area contributed by atoms with Gasteiger partial charge in [0.25, 0.3) is 11.8 Å². The van der Waals surface area contributed by atoms with Gasteiger partial charge in [-0.05, 0) is 61.7 Å². The molecule has 4 heterocycles. The van der Waals surface area contributed by atoms with Gasteiger partial charge in [0, 0.05) is 56.3 Å². The van der Waals surface area contributed by atoms with Crippen LogP contribution in [0.4, 0.5) is 26.3 Å². The summed E-state index contributed by atoms with van der Waals surface area (Å²) in [6, 6.07) is 9.11. The average Bonchev–Trinajstić information content (AvgIpc) is 3.51. The summed E-state index contributed by atoms with van der Waals surface area (Å²) in [6.07, 6.45) is -4.41. The molecule has 2 saturated heterocycles. The quantitative estimate of drug-likeness (QED) is 0.269. The molecule has 0 N–H and O–H groups in total. The highest BCUT2D eigenvalue weighted by atomic mass is 19.4. The van der Waals surface area contributed by atoms with Gasteiger partial charge in [0.15, 0.2) is 0 Å². The number of piperidine rings is 1. The Morgan fingerprint density at radius 1 is 0.978 bits per heavy atom. The van der Waals surface area contributed by atoms with Gasteiger partial charge in [-0.15, -0.1) is 0 Å². The summed E-state index contributed by atoms with van der Waals surface area (Å²) >= 11 is 0. The maximum absolute atomic E-state index is 14.6. The van der Waals surface area contributed by atoms with E-state index in [1.165, 1.54) is 4.90 Å². The van der Waals surface area contributed by atoms with Gasteiger partial charge in [-0.2, -0.15) is 26.3 Å². The molecule has 2 fully saturated rings. The smallest absolute Gasteiger partial charge is 0.417 e. The van der Waals surface area contributed by atoms with Crippen molar-refractivity contribution in [1.29, 1.82) is 0 Å². The van der Waals surface area contributed by atoms with Gasteiger partial charge in [-0.1, -0.05) is 19.4 Å². The van der Waals surface area contributed by atoms with Gasteiger partial charge in [-0.25, -0.2) is 0 Å². The highest BCUT2D eigenvalue weighted by Gasteiger charge is 2.56. The Morgan fingerprint density at radius 3 is 2.38 bits per heavy atom. The zero-order valence-corrected chi connectivity index (χ0v) is 24.4. The molecule has 3 aromatic rings. The lowest BCUT2D eigenvalue weighted by molar-refractivity contribution is -0.158. The Morgan fingerprint density at radius 2 is 1.73 bits per heavy atom. The summed E-state index contributed by atoms with van der Waals surface area (Å²) in [5, 5.41) is 0. The third-order valence-corrected chi connectivity index (χ3v) is 8.47. The lowest BCUT2D eigenvalue weighted by atomic mass is 9.79. The van der Waals surface area contributed by atoms with Crippen LogP contribution >= 0.6 is 0 Å². The van der Waals surface area contributed by atoms with Crippen molar-refractivity contribution in [3.05, 3.63) is 89.5 Å². The molecule has 7 nitrogen and oxygen atoms in total. The topological polar surface area (TPSA) is 75.6 Å². The Bertz CT molecular complexity index is 1500. The van der Waals surface area contributed by atoms with Crippen LogP contribution in [0.5, 0.6) is 5.75 Å². The van der Waals surface area contributed by atoms with E-state index in [0.29, 0.717) is 25.9 Å². The van der Waals surface area contributed by atoms with Crippen LogP contribution in [0.3, 0.4) is 0 Å². The molecule has 0 bridgehead atoms. The molecule has 0 aliphatic carbocycles. The Balaban J connectivity index is 1.55. The van der Waals surface area contributed by atoms with E-state index in [2.05, 4.69) is 9.97 Å². The van der Waals surface area contributed by atoms with E-state index in [1.54, 1.807) is 17.2 Å². The fourth-order valence-corrected chi connectivity index (χ4v) is 6.36. The number of pyridine rings is 2. The molecule has 2 amide bonds. The fourth-order valence-electron chi connectivity index (χ4n) is 6.36. The van der Waals surface area contributed by atoms with Gasteiger partial charge < -0.3 is 14.5 Å². The molecule has 45 heavy (non-hydrogen) atoms. The third kappa shape index (κ3) is 6.62. The van der Waals surface area contributed by atoms with Crippen LogP contribution in [-0.2, 0) is 17.1 Å². The summed E-state index contributed by atoms with van der Waals surface area (Å²) < 4.78 is 88.1. The number of carbonyl (C=O) groups is 2. The molecular weight excluding hydrogens is 602 g/mol. The molecule has 240 valence electrons. The number of ether oxygens (including phenoxy) is 1. The average molecular weight is 635 g/mol. The van der Waals surface area contributed by atoms with Crippen molar-refractivity contribution in [2.75, 3.05) is 19.6 Å². The number of aromatic nitrogens is 2. The van der Waals surface area contributed by atoms with E-state index in [0.717, 1.165) is 48.4 Å². The summed E-state index contributed by atoms with van der Waals surface area (Å²) in [5.74, 6) is -1.52. The molecule has 0 spiro atoms. The lowest BCUT2D eigenvalue weighted by Crippen LogP contribution is -2.67. The predicted molar refractivity (Wildman–Crippen MR) is 151 cm³/mol. The first-order valence-corrected chi connectivity index (χ1v) is 14.7. The monoisotopic (exact) mass is 634 g/mol. The number of likely N-dealkylation sites (tertiary alicyclic amines) is 2. The number of halogens is 6. The van der Waals surface area contributed by atoms with Crippen molar-refractivity contribution in [3.63, 3.8) is 0 Å². The number of alkyl halides is 6. The number of rotatable bonds is 7. The van der Waals surface area contributed by atoms with Crippen LogP contribution in [0.2, 0.25) is 0 Å². The fraction of sp³-hybridized carbons (Fsp3) is 0.438. The van der Waals surface area contributed by atoms with Crippen LogP contribution in [0.15, 0.2) is 67.1 Å². The maximum atomic E-state index is 14.6. The molecule has 13 heteroatoms. The van der Waals surface area contributed by atoms with Crippen molar-refractivity contribution in [1.82, 2.24) is 19.8 Å². The Labute approximate surface area is 256 Å². The molecule has 5 rings (SSSR count). The second kappa shape index (κ2) is 12.7. The van der Waals surface area contributed by atoms with E-state index >= 15 is 0 Å². The number of hydrogen-bond acceptors (Lipinski definition) is 5. The van der Waals surface area contributed by atoms with E-state index in [-0.39, 0.29) is 37.5 Å². The van der Waals surface area contributed by atoms with Gasteiger partial charge >= 0.3 is 12.4 Å². The molecule has 0 saturated carbocycles. The van der Waals surface area contributed by atoms with Crippen molar-refractivity contribution in [2.24, 2.45) is 0 Å². The maximum Gasteiger partial charge on any atom is 0.417 e. The second-order valence-corrected chi connectivity index (χ2v) is 11.3. The zero-order chi connectivity index (χ0) is 32.4. The Kier molecular flexibility index (Phi) is 9.09. The van der Waals surface area contributed by atoms with E-state index in [1.807, 2.05) is 19.1 Å². The second-order valence-electron chi connectivity index (χ2n) is 11.3. The predicted octanol–water partition coefficient (Wildman–Crippen LogP) is 6.75. The molecule has 3 atom stereocenters. The van der Waals surface area contributed by atoms with E-state index in [4.69, 9.17) is 4.74 Å². The molecule has 1 aromatic carbocycles. The molecule has 0 radical (unpaired) electrons. The van der Waals surface area contributed by atoms with Crippen molar-refractivity contribution in [2.45, 2.75) is 68.9 Å². The van der Waals surface area contributed by atoms with Crippen LogP contribution in [-0.4, -0.2) is 62.9 Å². The largest absolute Gasteiger partial charge is 0.475 e. The zero-order valence-electron chi connectivity index (χ0n) is 24.4. The van der Waals surface area contributed by atoms with Crippen molar-refractivity contribution >= 4 is 11.8 Å². The summed E-state index contributed by atoms with van der Waals surface area (Å²) in [4.78, 5) is 39.5. The highest BCUT2D eigenvalue weighted by molar-refractivity contribution is 5.97. The van der Waals surface area contributed by atoms with Crippen molar-refractivity contribution < 1.29 is 40.7 Å².